The van der Waals surface area contributed by atoms with Crippen molar-refractivity contribution in [1.29, 1.82) is 0 Å². The number of benzene rings is 2. The van der Waals surface area contributed by atoms with E-state index in [1.807, 2.05) is 41.4 Å². The summed E-state index contributed by atoms with van der Waals surface area (Å²) in [6.07, 6.45) is 0.956. The van der Waals surface area contributed by atoms with E-state index in [0.29, 0.717) is 5.56 Å². The first-order valence-corrected chi connectivity index (χ1v) is 10.7. The van der Waals surface area contributed by atoms with Gasteiger partial charge in [0.1, 0.15) is 0 Å². The van der Waals surface area contributed by atoms with E-state index < -0.39 is 0 Å². The van der Waals surface area contributed by atoms with Crippen LogP contribution in [0.2, 0.25) is 0 Å². The highest BCUT2D eigenvalue weighted by atomic mass is 16.5. The van der Waals surface area contributed by atoms with Crippen LogP contribution in [-0.2, 0) is 6.42 Å². The third kappa shape index (κ3) is 4.68. The fourth-order valence-electron chi connectivity index (χ4n) is 4.18. The van der Waals surface area contributed by atoms with Gasteiger partial charge in [0, 0.05) is 61.0 Å². The molecule has 0 radical (unpaired) electrons. The number of nitrogens with zero attached hydrogens (tertiary/aromatic N) is 2. The molecule has 1 fully saturated rings. The molecule has 1 aliphatic rings. The molecule has 31 heavy (non-hydrogen) atoms. The molecule has 0 atom stereocenters. The minimum atomic E-state index is -0.0483. The van der Waals surface area contributed by atoms with Crippen LogP contribution in [0.25, 0.3) is 10.9 Å². The summed E-state index contributed by atoms with van der Waals surface area (Å²) in [5, 5.41) is 3.20. The van der Waals surface area contributed by atoms with Gasteiger partial charge in [-0.3, -0.25) is 10.2 Å². The zero-order valence-corrected chi connectivity index (χ0v) is 18.4. The van der Waals surface area contributed by atoms with Crippen LogP contribution in [0.1, 0.15) is 21.6 Å². The van der Waals surface area contributed by atoms with Gasteiger partial charge in [-0.25, -0.2) is 5.01 Å². The Balaban J connectivity index is 1.34. The molecule has 1 aromatic heterocycles. The van der Waals surface area contributed by atoms with Gasteiger partial charge >= 0.3 is 0 Å². The fraction of sp³-hybridized carbons (Fsp3) is 0.375. The lowest BCUT2D eigenvalue weighted by molar-refractivity contribution is 0.0622. The molecule has 0 aliphatic carbocycles. The van der Waals surface area contributed by atoms with Crippen molar-refractivity contribution in [1.82, 2.24) is 20.3 Å². The van der Waals surface area contributed by atoms with Gasteiger partial charge in [0.2, 0.25) is 0 Å². The summed E-state index contributed by atoms with van der Waals surface area (Å²) in [6, 6.07) is 13.4. The minimum absolute atomic E-state index is 0.0483. The van der Waals surface area contributed by atoms with Gasteiger partial charge in [-0.15, -0.1) is 0 Å². The number of carbonyl (C=O) groups is 1. The standard InChI is InChI=1S/C24H30N4O3/c1-17-19(20-15-22(30-2)23(31-3)16-21(20)25-17)9-10-27-11-13-28(14-12-27)26-24(29)18-7-5-4-6-8-18/h4-8,15-16,25H,9-14H2,1-3H3,(H,26,29). The van der Waals surface area contributed by atoms with E-state index in [2.05, 4.69) is 28.3 Å². The number of ether oxygens (including phenoxy) is 2. The molecule has 7 nitrogen and oxygen atoms in total. The molecule has 3 aromatic rings. The van der Waals surface area contributed by atoms with E-state index in [1.165, 1.54) is 16.6 Å². The molecule has 4 rings (SSSR count). The summed E-state index contributed by atoms with van der Waals surface area (Å²) < 4.78 is 10.9. The van der Waals surface area contributed by atoms with Crippen LogP contribution in [0.4, 0.5) is 0 Å². The average molecular weight is 423 g/mol. The molecule has 0 spiro atoms. The first-order valence-electron chi connectivity index (χ1n) is 10.7. The number of hydrazine groups is 1. The van der Waals surface area contributed by atoms with E-state index in [-0.39, 0.29) is 5.91 Å². The minimum Gasteiger partial charge on any atom is -0.493 e. The van der Waals surface area contributed by atoms with Crippen LogP contribution < -0.4 is 14.9 Å². The number of carbonyl (C=O) groups excluding carboxylic acids is 1. The fourth-order valence-corrected chi connectivity index (χ4v) is 4.18. The van der Waals surface area contributed by atoms with E-state index in [9.17, 15) is 4.79 Å². The van der Waals surface area contributed by atoms with Crippen molar-refractivity contribution in [3.8, 4) is 11.5 Å². The van der Waals surface area contributed by atoms with Crippen molar-refractivity contribution in [3.63, 3.8) is 0 Å². The van der Waals surface area contributed by atoms with Crippen molar-refractivity contribution in [2.45, 2.75) is 13.3 Å². The molecular formula is C24H30N4O3. The molecular weight excluding hydrogens is 392 g/mol. The predicted octanol–water partition coefficient (Wildman–Crippen LogP) is 3.00. The summed E-state index contributed by atoms with van der Waals surface area (Å²) in [6.45, 7) is 6.57. The molecule has 2 N–H and O–H groups in total. The van der Waals surface area contributed by atoms with Crippen molar-refractivity contribution < 1.29 is 14.3 Å². The zero-order valence-electron chi connectivity index (χ0n) is 18.4. The number of fused-ring (bicyclic) bond motifs is 1. The van der Waals surface area contributed by atoms with Crippen LogP contribution in [0.3, 0.4) is 0 Å². The number of H-pyrrole nitrogens is 1. The van der Waals surface area contributed by atoms with Crippen molar-refractivity contribution in [2.75, 3.05) is 46.9 Å². The van der Waals surface area contributed by atoms with E-state index in [4.69, 9.17) is 9.47 Å². The van der Waals surface area contributed by atoms with Gasteiger partial charge < -0.3 is 19.4 Å². The largest absolute Gasteiger partial charge is 0.493 e. The van der Waals surface area contributed by atoms with Gasteiger partial charge in [0.25, 0.3) is 5.91 Å². The quantitative estimate of drug-likeness (QED) is 0.613. The lowest BCUT2D eigenvalue weighted by Gasteiger charge is -2.34. The Hall–Kier alpha value is -3.03. The Labute approximate surface area is 182 Å². The van der Waals surface area contributed by atoms with Crippen molar-refractivity contribution in [2.24, 2.45) is 0 Å². The number of nitrogens with one attached hydrogen (secondary N) is 2. The lowest BCUT2D eigenvalue weighted by atomic mass is 10.1. The second-order valence-electron chi connectivity index (χ2n) is 7.87. The maximum atomic E-state index is 12.3. The molecule has 2 heterocycles. The summed E-state index contributed by atoms with van der Waals surface area (Å²) in [7, 11) is 3.32. The predicted molar refractivity (Wildman–Crippen MR) is 122 cm³/mol. The van der Waals surface area contributed by atoms with Crippen molar-refractivity contribution in [3.05, 3.63) is 59.3 Å². The first-order chi connectivity index (χ1) is 15.1. The van der Waals surface area contributed by atoms with Crippen LogP contribution in [0.5, 0.6) is 11.5 Å². The van der Waals surface area contributed by atoms with Gasteiger partial charge in [-0.2, -0.15) is 0 Å². The van der Waals surface area contributed by atoms with E-state index in [1.54, 1.807) is 14.2 Å². The number of aromatic amines is 1. The van der Waals surface area contributed by atoms with E-state index >= 15 is 0 Å². The Morgan fingerprint density at radius 1 is 1.03 bits per heavy atom. The number of aromatic nitrogens is 1. The molecule has 0 unspecified atom stereocenters. The molecule has 1 aliphatic heterocycles. The Morgan fingerprint density at radius 2 is 1.71 bits per heavy atom. The Morgan fingerprint density at radius 3 is 2.39 bits per heavy atom. The number of rotatable bonds is 7. The second kappa shape index (κ2) is 9.41. The molecule has 1 saturated heterocycles. The molecule has 0 bridgehead atoms. The van der Waals surface area contributed by atoms with Crippen LogP contribution in [0.15, 0.2) is 42.5 Å². The lowest BCUT2D eigenvalue weighted by Crippen LogP contribution is -2.53. The van der Waals surface area contributed by atoms with Gasteiger partial charge in [-0.1, -0.05) is 18.2 Å². The molecule has 0 saturated carbocycles. The van der Waals surface area contributed by atoms with Crippen LogP contribution in [0, 0.1) is 6.92 Å². The Kier molecular flexibility index (Phi) is 6.44. The first kappa shape index (κ1) is 21.2. The summed E-state index contributed by atoms with van der Waals surface area (Å²) >= 11 is 0. The molecule has 164 valence electrons. The number of hydrogen-bond acceptors (Lipinski definition) is 5. The smallest absolute Gasteiger partial charge is 0.265 e. The van der Waals surface area contributed by atoms with Crippen molar-refractivity contribution >= 4 is 16.8 Å². The SMILES string of the molecule is COc1cc2[nH]c(C)c(CCN3CCN(NC(=O)c4ccccc4)CC3)c2cc1OC. The monoisotopic (exact) mass is 422 g/mol. The summed E-state index contributed by atoms with van der Waals surface area (Å²) in [5.41, 5.74) is 7.27. The van der Waals surface area contributed by atoms with Crippen LogP contribution >= 0.6 is 0 Å². The molecule has 2 aromatic carbocycles. The average Bonchev–Trinajstić information content (AvgIpc) is 3.11. The zero-order chi connectivity index (χ0) is 21.8. The molecule has 7 heteroatoms. The maximum absolute atomic E-state index is 12.3. The highest BCUT2D eigenvalue weighted by Crippen LogP contribution is 2.34. The number of piperazine rings is 1. The molecule has 1 amide bonds. The topological polar surface area (TPSA) is 69.8 Å². The van der Waals surface area contributed by atoms with Gasteiger partial charge in [0.15, 0.2) is 11.5 Å². The number of methoxy groups -OCH3 is 2. The Bertz CT molecular complexity index is 1040. The van der Waals surface area contributed by atoms with Gasteiger partial charge in [-0.05, 0) is 37.1 Å². The highest BCUT2D eigenvalue weighted by molar-refractivity contribution is 5.93. The number of aryl methyl sites for hydroxylation is 1. The van der Waals surface area contributed by atoms with Gasteiger partial charge in [0.05, 0.1) is 14.2 Å². The summed E-state index contributed by atoms with van der Waals surface area (Å²) in [4.78, 5) is 18.3. The number of amides is 1. The van der Waals surface area contributed by atoms with E-state index in [0.717, 1.165) is 56.2 Å². The van der Waals surface area contributed by atoms with Crippen LogP contribution in [-0.4, -0.2) is 67.7 Å². The highest BCUT2D eigenvalue weighted by Gasteiger charge is 2.20. The summed E-state index contributed by atoms with van der Waals surface area (Å²) in [5.74, 6) is 1.43. The maximum Gasteiger partial charge on any atom is 0.265 e. The normalized spacial score (nSPS) is 15.2. The third-order valence-corrected chi connectivity index (χ3v) is 5.97. The third-order valence-electron chi connectivity index (χ3n) is 5.97. The second-order valence-corrected chi connectivity index (χ2v) is 7.87. The number of hydrogen-bond donors (Lipinski definition) is 2.